The highest BCUT2D eigenvalue weighted by Gasteiger charge is 2.39. The van der Waals surface area contributed by atoms with Crippen molar-refractivity contribution in [2.24, 2.45) is 4.99 Å². The highest BCUT2D eigenvalue weighted by molar-refractivity contribution is 6.74. The van der Waals surface area contributed by atoms with Crippen LogP contribution in [0.4, 0.5) is 5.69 Å². The van der Waals surface area contributed by atoms with Crippen LogP contribution in [0.5, 0.6) is 5.75 Å². The van der Waals surface area contributed by atoms with Crippen LogP contribution in [-0.2, 0) is 4.79 Å². The molecule has 4 heteroatoms. The molecular weight excluding hydrogens is 230 g/mol. The summed E-state index contributed by atoms with van der Waals surface area (Å²) in [6.07, 6.45) is 1.56. The van der Waals surface area contributed by atoms with E-state index in [0.717, 1.165) is 0 Å². The van der Waals surface area contributed by atoms with E-state index in [2.05, 4.69) is 38.9 Å². The largest absolute Gasteiger partial charge is 0.542 e. The first-order valence-corrected chi connectivity index (χ1v) is 8.55. The summed E-state index contributed by atoms with van der Waals surface area (Å²) in [6.45, 7) is 10.8. The van der Waals surface area contributed by atoms with Crippen LogP contribution in [-0.4, -0.2) is 14.4 Å². The number of para-hydroxylation sites is 2. The standard InChI is InChI=1S/C13H19NO2Si/c1-13(2,3)17(4,5)16-12-9-7-6-8-11(12)14-10-15/h6-9H,1-5H3. The van der Waals surface area contributed by atoms with Crippen molar-refractivity contribution in [2.75, 3.05) is 0 Å². The molecule has 1 aromatic rings. The van der Waals surface area contributed by atoms with Gasteiger partial charge in [0.05, 0.1) is 0 Å². The van der Waals surface area contributed by atoms with Crippen LogP contribution >= 0.6 is 0 Å². The molecule has 0 saturated heterocycles. The van der Waals surface area contributed by atoms with Crippen molar-refractivity contribution in [3.8, 4) is 5.75 Å². The van der Waals surface area contributed by atoms with Crippen LogP contribution in [0.2, 0.25) is 18.1 Å². The Kier molecular flexibility index (Phi) is 3.91. The number of rotatable bonds is 3. The molecule has 0 heterocycles. The fourth-order valence-corrected chi connectivity index (χ4v) is 2.14. The van der Waals surface area contributed by atoms with E-state index in [1.165, 1.54) is 0 Å². The smallest absolute Gasteiger partial charge is 0.250 e. The van der Waals surface area contributed by atoms with Crippen LogP contribution in [0.25, 0.3) is 0 Å². The molecule has 0 atom stereocenters. The third-order valence-corrected chi connectivity index (χ3v) is 7.55. The normalized spacial score (nSPS) is 11.8. The molecule has 0 aliphatic carbocycles. The third-order valence-electron chi connectivity index (χ3n) is 3.20. The van der Waals surface area contributed by atoms with E-state index in [-0.39, 0.29) is 5.04 Å². The molecule has 0 amide bonds. The van der Waals surface area contributed by atoms with Crippen LogP contribution in [0.1, 0.15) is 20.8 Å². The lowest BCUT2D eigenvalue weighted by Crippen LogP contribution is -2.43. The van der Waals surface area contributed by atoms with E-state index in [1.54, 1.807) is 12.1 Å². The number of benzene rings is 1. The number of hydrogen-bond donors (Lipinski definition) is 0. The minimum atomic E-state index is -1.90. The van der Waals surface area contributed by atoms with Crippen molar-refractivity contribution in [3.63, 3.8) is 0 Å². The molecule has 3 nitrogen and oxygen atoms in total. The Morgan fingerprint density at radius 1 is 1.24 bits per heavy atom. The van der Waals surface area contributed by atoms with Gasteiger partial charge < -0.3 is 4.43 Å². The molecule has 92 valence electrons. The number of hydrogen-bond acceptors (Lipinski definition) is 3. The third kappa shape index (κ3) is 3.28. The molecule has 1 aromatic carbocycles. The molecule has 0 aliphatic rings. The van der Waals surface area contributed by atoms with Crippen molar-refractivity contribution >= 4 is 20.1 Å². The maximum atomic E-state index is 10.4. The maximum absolute atomic E-state index is 10.4. The Hall–Kier alpha value is -1.38. The average Bonchev–Trinajstić information content (AvgIpc) is 2.19. The van der Waals surface area contributed by atoms with Crippen molar-refractivity contribution in [2.45, 2.75) is 38.9 Å². The first-order valence-electron chi connectivity index (χ1n) is 5.64. The predicted octanol–water partition coefficient (Wildman–Crippen LogP) is 4.04. The quantitative estimate of drug-likeness (QED) is 0.461. The van der Waals surface area contributed by atoms with Gasteiger partial charge in [-0.25, -0.2) is 4.79 Å². The van der Waals surface area contributed by atoms with E-state index in [4.69, 9.17) is 4.43 Å². The van der Waals surface area contributed by atoms with Crippen LogP contribution in [0.3, 0.4) is 0 Å². The van der Waals surface area contributed by atoms with Crippen molar-refractivity contribution in [1.29, 1.82) is 0 Å². The fraction of sp³-hybridized carbons (Fsp3) is 0.462. The van der Waals surface area contributed by atoms with Gasteiger partial charge in [0.15, 0.2) is 0 Å². The summed E-state index contributed by atoms with van der Waals surface area (Å²) >= 11 is 0. The minimum absolute atomic E-state index is 0.116. The number of nitrogens with zero attached hydrogens (tertiary/aromatic N) is 1. The van der Waals surface area contributed by atoms with Gasteiger partial charge in [-0.15, -0.1) is 0 Å². The summed E-state index contributed by atoms with van der Waals surface area (Å²) in [5.41, 5.74) is 0.548. The van der Waals surface area contributed by atoms with Crippen molar-refractivity contribution < 1.29 is 9.22 Å². The summed E-state index contributed by atoms with van der Waals surface area (Å²) in [6, 6.07) is 7.31. The molecule has 1 rings (SSSR count). The van der Waals surface area contributed by atoms with Crippen molar-refractivity contribution in [3.05, 3.63) is 24.3 Å². The molecule has 0 bridgehead atoms. The molecule has 0 fully saturated rings. The Morgan fingerprint density at radius 2 is 1.82 bits per heavy atom. The molecule has 0 unspecified atom stereocenters. The Labute approximate surface area is 104 Å². The zero-order chi connectivity index (χ0) is 13.1. The molecule has 0 spiro atoms. The van der Waals surface area contributed by atoms with E-state index >= 15 is 0 Å². The van der Waals surface area contributed by atoms with Gasteiger partial charge in [-0.05, 0) is 30.3 Å². The van der Waals surface area contributed by atoms with Gasteiger partial charge in [-0.1, -0.05) is 32.9 Å². The maximum Gasteiger partial charge on any atom is 0.250 e. The zero-order valence-corrected chi connectivity index (χ0v) is 12.1. The Bertz CT molecular complexity index is 443. The first-order chi connectivity index (χ1) is 7.78. The minimum Gasteiger partial charge on any atom is -0.542 e. The first kappa shape index (κ1) is 13.7. The van der Waals surface area contributed by atoms with E-state index in [9.17, 15) is 4.79 Å². The molecule has 0 radical (unpaired) electrons. The second kappa shape index (κ2) is 4.86. The Balaban J connectivity index is 3.07. The molecule has 0 aromatic heterocycles. The van der Waals surface area contributed by atoms with Crippen LogP contribution < -0.4 is 4.43 Å². The molecular formula is C13H19NO2Si. The highest BCUT2D eigenvalue weighted by atomic mass is 28.4. The number of isocyanates is 1. The van der Waals surface area contributed by atoms with Gasteiger partial charge in [0, 0.05) is 0 Å². The molecule has 17 heavy (non-hydrogen) atoms. The summed E-state index contributed by atoms with van der Waals surface area (Å²) in [7, 11) is -1.90. The van der Waals surface area contributed by atoms with Crippen LogP contribution in [0.15, 0.2) is 29.3 Å². The van der Waals surface area contributed by atoms with Gasteiger partial charge in [0.2, 0.25) is 6.08 Å². The van der Waals surface area contributed by atoms with Gasteiger partial charge >= 0.3 is 0 Å². The summed E-state index contributed by atoms with van der Waals surface area (Å²) in [5, 5.41) is 0.116. The second-order valence-corrected chi connectivity index (χ2v) is 10.3. The van der Waals surface area contributed by atoms with Gasteiger partial charge in [-0.2, -0.15) is 4.99 Å². The number of carbonyl (C=O) groups excluding carboxylic acids is 1. The van der Waals surface area contributed by atoms with Crippen LogP contribution in [0, 0.1) is 0 Å². The topological polar surface area (TPSA) is 38.7 Å². The molecule has 0 N–H and O–H groups in total. The van der Waals surface area contributed by atoms with E-state index in [0.29, 0.717) is 11.4 Å². The zero-order valence-electron chi connectivity index (χ0n) is 11.1. The highest BCUT2D eigenvalue weighted by Crippen LogP contribution is 2.39. The second-order valence-electron chi connectivity index (χ2n) is 5.53. The summed E-state index contributed by atoms with van der Waals surface area (Å²) < 4.78 is 6.12. The molecule has 0 saturated carbocycles. The van der Waals surface area contributed by atoms with E-state index in [1.807, 2.05) is 18.2 Å². The van der Waals surface area contributed by atoms with Gasteiger partial charge in [0.1, 0.15) is 11.4 Å². The van der Waals surface area contributed by atoms with Crippen molar-refractivity contribution in [1.82, 2.24) is 0 Å². The molecule has 0 aliphatic heterocycles. The average molecular weight is 249 g/mol. The predicted molar refractivity (Wildman–Crippen MR) is 72.0 cm³/mol. The lowest BCUT2D eigenvalue weighted by Gasteiger charge is -2.36. The van der Waals surface area contributed by atoms with E-state index < -0.39 is 8.32 Å². The number of aliphatic imine (C=N–C) groups is 1. The van der Waals surface area contributed by atoms with Gasteiger partial charge in [0.25, 0.3) is 8.32 Å². The lowest BCUT2D eigenvalue weighted by molar-refractivity contribution is 0.493. The fourth-order valence-electron chi connectivity index (χ4n) is 1.11. The van der Waals surface area contributed by atoms with Gasteiger partial charge in [-0.3, -0.25) is 0 Å². The SMILES string of the molecule is CC(C)(C)[Si](C)(C)Oc1ccccc1N=C=O. The Morgan fingerprint density at radius 3 is 2.35 bits per heavy atom. The summed E-state index contributed by atoms with van der Waals surface area (Å²) in [5.74, 6) is 0.669. The lowest BCUT2D eigenvalue weighted by atomic mass is 10.2. The summed E-state index contributed by atoms with van der Waals surface area (Å²) in [4.78, 5) is 14.0. The monoisotopic (exact) mass is 249 g/mol.